The Morgan fingerprint density at radius 1 is 1.04 bits per heavy atom. The van der Waals surface area contributed by atoms with Crippen molar-refractivity contribution >= 4 is 17.5 Å². The molecule has 0 heterocycles. The number of hydrogen-bond donors (Lipinski definition) is 2. The number of anilines is 1. The minimum Gasteiger partial charge on any atom is -0.494 e. The Labute approximate surface area is 147 Å². The fourth-order valence-corrected chi connectivity index (χ4v) is 2.20. The Morgan fingerprint density at radius 3 is 2.52 bits per heavy atom. The van der Waals surface area contributed by atoms with Crippen molar-refractivity contribution in [3.05, 3.63) is 72.8 Å². The molecule has 2 N–H and O–H groups in total. The summed E-state index contributed by atoms with van der Waals surface area (Å²) in [4.78, 5) is 24.2. The summed E-state index contributed by atoms with van der Waals surface area (Å²) in [5, 5.41) is 5.49. The van der Waals surface area contributed by atoms with E-state index in [1.165, 1.54) is 0 Å². The van der Waals surface area contributed by atoms with E-state index in [4.69, 9.17) is 4.74 Å². The minimum atomic E-state index is -0.247. The molecule has 0 saturated carbocycles. The summed E-state index contributed by atoms with van der Waals surface area (Å²) in [5.41, 5.74) is 0.927. The Bertz CT molecular complexity index is 714. The average molecular weight is 338 g/mol. The topological polar surface area (TPSA) is 67.4 Å². The van der Waals surface area contributed by atoms with E-state index < -0.39 is 0 Å². The van der Waals surface area contributed by atoms with Crippen LogP contribution in [-0.4, -0.2) is 25.0 Å². The second kappa shape index (κ2) is 9.93. The van der Waals surface area contributed by atoms with E-state index >= 15 is 0 Å². The maximum absolute atomic E-state index is 12.1. The number of amides is 2. The average Bonchev–Trinajstić information content (AvgIpc) is 2.64. The number of ether oxygens (including phenoxy) is 1. The largest absolute Gasteiger partial charge is 0.494 e. The van der Waals surface area contributed by atoms with Crippen molar-refractivity contribution in [2.75, 3.05) is 18.5 Å². The number of para-hydroxylation sites is 2. The van der Waals surface area contributed by atoms with E-state index in [9.17, 15) is 9.59 Å². The van der Waals surface area contributed by atoms with Crippen LogP contribution in [0.4, 0.5) is 5.69 Å². The summed E-state index contributed by atoms with van der Waals surface area (Å²) < 4.78 is 5.56. The molecule has 2 rings (SSSR count). The van der Waals surface area contributed by atoms with Crippen LogP contribution in [0.25, 0.3) is 0 Å². The zero-order valence-electron chi connectivity index (χ0n) is 14.0. The van der Waals surface area contributed by atoms with Crippen molar-refractivity contribution in [2.45, 2.75) is 12.8 Å². The maximum Gasteiger partial charge on any atom is 0.253 e. The molecule has 0 bridgehead atoms. The van der Waals surface area contributed by atoms with E-state index in [0.29, 0.717) is 37.2 Å². The summed E-state index contributed by atoms with van der Waals surface area (Å²) in [6.07, 6.45) is 2.51. The summed E-state index contributed by atoms with van der Waals surface area (Å²) in [7, 11) is 0. The van der Waals surface area contributed by atoms with E-state index in [1.54, 1.807) is 30.3 Å². The van der Waals surface area contributed by atoms with Crippen LogP contribution in [0.5, 0.6) is 5.75 Å². The highest BCUT2D eigenvalue weighted by Gasteiger charge is 2.12. The van der Waals surface area contributed by atoms with Crippen LogP contribution in [0.1, 0.15) is 23.2 Å². The molecule has 0 aliphatic rings. The second-order valence-electron chi connectivity index (χ2n) is 5.36. The van der Waals surface area contributed by atoms with E-state index in [2.05, 4.69) is 17.2 Å². The Morgan fingerprint density at radius 2 is 1.76 bits per heavy atom. The number of rotatable bonds is 9. The lowest BCUT2D eigenvalue weighted by Gasteiger charge is -2.11. The summed E-state index contributed by atoms with van der Waals surface area (Å²) in [5.74, 6) is 0.385. The molecule has 130 valence electrons. The van der Waals surface area contributed by atoms with Gasteiger partial charge in [-0.2, -0.15) is 0 Å². The molecule has 0 aromatic heterocycles. The van der Waals surface area contributed by atoms with Crippen LogP contribution in [-0.2, 0) is 4.79 Å². The summed E-state index contributed by atoms with van der Waals surface area (Å²) >= 11 is 0. The fourth-order valence-electron chi connectivity index (χ4n) is 2.20. The molecule has 0 atom stereocenters. The highest BCUT2D eigenvalue weighted by Crippen LogP contribution is 2.15. The van der Waals surface area contributed by atoms with Gasteiger partial charge in [-0.05, 0) is 30.7 Å². The van der Waals surface area contributed by atoms with Crippen LogP contribution in [0.15, 0.2) is 67.3 Å². The molecule has 5 nitrogen and oxygen atoms in total. The molecular formula is C20H22N2O3. The molecule has 0 fully saturated rings. The zero-order chi connectivity index (χ0) is 17.9. The van der Waals surface area contributed by atoms with E-state index in [0.717, 1.165) is 5.75 Å². The third kappa shape index (κ3) is 6.14. The zero-order valence-corrected chi connectivity index (χ0v) is 14.0. The molecule has 25 heavy (non-hydrogen) atoms. The molecule has 0 spiro atoms. The van der Waals surface area contributed by atoms with Crippen molar-refractivity contribution < 1.29 is 14.3 Å². The van der Waals surface area contributed by atoms with E-state index in [-0.39, 0.29) is 11.8 Å². The van der Waals surface area contributed by atoms with Gasteiger partial charge in [0.15, 0.2) is 0 Å². The van der Waals surface area contributed by atoms with Crippen LogP contribution in [0, 0.1) is 0 Å². The first-order valence-corrected chi connectivity index (χ1v) is 8.16. The molecule has 0 radical (unpaired) electrons. The Balaban J connectivity index is 1.82. The SMILES string of the molecule is C=CCNC(=O)c1ccccc1NC(=O)CCCOc1ccccc1. The van der Waals surface area contributed by atoms with Gasteiger partial charge in [-0.25, -0.2) is 0 Å². The van der Waals surface area contributed by atoms with Gasteiger partial charge in [-0.15, -0.1) is 6.58 Å². The van der Waals surface area contributed by atoms with Gasteiger partial charge in [-0.3, -0.25) is 9.59 Å². The molecule has 0 saturated heterocycles. The monoisotopic (exact) mass is 338 g/mol. The molecule has 0 unspecified atom stereocenters. The van der Waals surface area contributed by atoms with Gasteiger partial charge < -0.3 is 15.4 Å². The molecule has 2 aromatic carbocycles. The van der Waals surface area contributed by atoms with Gasteiger partial charge in [0.1, 0.15) is 5.75 Å². The van der Waals surface area contributed by atoms with Crippen molar-refractivity contribution in [3.8, 4) is 5.75 Å². The quantitative estimate of drug-likeness (QED) is 0.544. The molecule has 5 heteroatoms. The molecule has 0 aliphatic heterocycles. The molecule has 2 aromatic rings. The summed E-state index contributed by atoms with van der Waals surface area (Å²) in [6.45, 7) is 4.39. The highest BCUT2D eigenvalue weighted by molar-refractivity contribution is 6.03. The number of carbonyl (C=O) groups excluding carboxylic acids is 2. The first-order chi connectivity index (χ1) is 12.2. The lowest BCUT2D eigenvalue weighted by Crippen LogP contribution is -2.25. The molecular weight excluding hydrogens is 316 g/mol. The smallest absolute Gasteiger partial charge is 0.253 e. The van der Waals surface area contributed by atoms with Gasteiger partial charge in [0.2, 0.25) is 5.91 Å². The van der Waals surface area contributed by atoms with Crippen molar-refractivity contribution in [1.29, 1.82) is 0 Å². The second-order valence-corrected chi connectivity index (χ2v) is 5.36. The molecule has 2 amide bonds. The lowest BCUT2D eigenvalue weighted by atomic mass is 10.1. The molecule has 0 aliphatic carbocycles. The third-order valence-corrected chi connectivity index (χ3v) is 3.41. The van der Waals surface area contributed by atoms with Gasteiger partial charge >= 0.3 is 0 Å². The number of hydrogen-bond acceptors (Lipinski definition) is 3. The van der Waals surface area contributed by atoms with Gasteiger partial charge in [-0.1, -0.05) is 36.4 Å². The van der Waals surface area contributed by atoms with Gasteiger partial charge in [0.25, 0.3) is 5.91 Å². The van der Waals surface area contributed by atoms with Gasteiger partial charge in [0, 0.05) is 13.0 Å². The highest BCUT2D eigenvalue weighted by atomic mass is 16.5. The predicted molar refractivity (Wildman–Crippen MR) is 98.8 cm³/mol. The van der Waals surface area contributed by atoms with Crippen molar-refractivity contribution in [1.82, 2.24) is 5.32 Å². The van der Waals surface area contributed by atoms with Crippen LogP contribution < -0.4 is 15.4 Å². The maximum atomic E-state index is 12.1. The van der Waals surface area contributed by atoms with E-state index in [1.807, 2.05) is 30.3 Å². The number of carbonyl (C=O) groups is 2. The van der Waals surface area contributed by atoms with Crippen molar-refractivity contribution in [2.24, 2.45) is 0 Å². The Kier molecular flexibility index (Phi) is 7.25. The first-order valence-electron chi connectivity index (χ1n) is 8.16. The first kappa shape index (κ1) is 18.3. The Hall–Kier alpha value is -3.08. The van der Waals surface area contributed by atoms with Gasteiger partial charge in [0.05, 0.1) is 17.9 Å². The number of benzene rings is 2. The normalized spacial score (nSPS) is 9.92. The minimum absolute atomic E-state index is 0.152. The standard InChI is InChI=1S/C20H22N2O3/c1-2-14-21-20(24)17-11-6-7-12-18(17)22-19(23)13-8-15-25-16-9-4-3-5-10-16/h2-7,9-12H,1,8,13-15H2,(H,21,24)(H,22,23). The lowest BCUT2D eigenvalue weighted by molar-refractivity contribution is -0.116. The van der Waals surface area contributed by atoms with Crippen molar-refractivity contribution in [3.63, 3.8) is 0 Å². The fraction of sp³-hybridized carbons (Fsp3) is 0.200. The van der Waals surface area contributed by atoms with Crippen LogP contribution in [0.3, 0.4) is 0 Å². The summed E-state index contributed by atoms with van der Waals surface area (Å²) in [6, 6.07) is 16.4. The number of nitrogens with one attached hydrogen (secondary N) is 2. The third-order valence-electron chi connectivity index (χ3n) is 3.41. The van der Waals surface area contributed by atoms with Crippen LogP contribution in [0.2, 0.25) is 0 Å². The van der Waals surface area contributed by atoms with Crippen LogP contribution >= 0.6 is 0 Å². The predicted octanol–water partition coefficient (Wildman–Crippen LogP) is 3.40.